The third-order valence-corrected chi connectivity index (χ3v) is 3.86. The van der Waals surface area contributed by atoms with Gasteiger partial charge in [-0.2, -0.15) is 0 Å². The summed E-state index contributed by atoms with van der Waals surface area (Å²) in [7, 11) is 0. The molecule has 2 N–H and O–H groups in total. The van der Waals surface area contributed by atoms with Crippen molar-refractivity contribution in [2.45, 2.75) is 13.0 Å². The van der Waals surface area contributed by atoms with E-state index in [1.165, 1.54) is 0 Å². The van der Waals surface area contributed by atoms with Gasteiger partial charge < -0.3 is 14.8 Å². The van der Waals surface area contributed by atoms with E-state index in [4.69, 9.17) is 4.74 Å². The zero-order valence-corrected chi connectivity index (χ0v) is 14.3. The van der Waals surface area contributed by atoms with Crippen molar-refractivity contribution in [1.29, 1.82) is 0 Å². The van der Waals surface area contributed by atoms with E-state index in [0.717, 1.165) is 4.47 Å². The molecule has 0 saturated heterocycles. The standard InChI is InChI=1S/C17H14BrN3O3/c1-10(24-12-5-3-2-4-6-12)16(22)21-20-15-13-9-11(18)7-8-14(13)19-17(15)23/h2-10,19,23H,1H3/t10-/m0/s1. The van der Waals surface area contributed by atoms with Crippen molar-refractivity contribution >= 4 is 38.4 Å². The zero-order chi connectivity index (χ0) is 17.1. The van der Waals surface area contributed by atoms with Gasteiger partial charge in [0.25, 0.3) is 0 Å². The second-order valence-electron chi connectivity index (χ2n) is 5.12. The zero-order valence-electron chi connectivity index (χ0n) is 12.7. The maximum atomic E-state index is 12.1. The molecule has 1 aromatic heterocycles. The maximum Gasteiger partial charge on any atom is 0.304 e. The minimum Gasteiger partial charge on any atom is -0.493 e. The van der Waals surface area contributed by atoms with E-state index in [9.17, 15) is 9.90 Å². The molecule has 3 rings (SSSR count). The highest BCUT2D eigenvalue weighted by Gasteiger charge is 2.16. The summed E-state index contributed by atoms with van der Waals surface area (Å²) in [5.41, 5.74) is 0.914. The van der Waals surface area contributed by atoms with Crippen LogP contribution in [0.2, 0.25) is 0 Å². The summed E-state index contributed by atoms with van der Waals surface area (Å²) in [4.78, 5) is 14.9. The van der Waals surface area contributed by atoms with Gasteiger partial charge >= 0.3 is 5.91 Å². The molecule has 0 aliphatic heterocycles. The lowest BCUT2D eigenvalue weighted by molar-refractivity contribution is -0.124. The van der Waals surface area contributed by atoms with Gasteiger partial charge in [-0.3, -0.25) is 4.79 Å². The molecule has 1 amide bonds. The van der Waals surface area contributed by atoms with E-state index in [1.54, 1.807) is 31.2 Å². The number of rotatable bonds is 4. The Kier molecular flexibility index (Phi) is 4.61. The van der Waals surface area contributed by atoms with E-state index < -0.39 is 12.0 Å². The van der Waals surface area contributed by atoms with E-state index >= 15 is 0 Å². The molecule has 0 saturated carbocycles. The fourth-order valence-corrected chi connectivity index (χ4v) is 2.53. The number of aromatic nitrogens is 1. The highest BCUT2D eigenvalue weighted by Crippen LogP contribution is 2.36. The molecule has 0 aliphatic carbocycles. The van der Waals surface area contributed by atoms with Gasteiger partial charge in [-0.05, 0) is 37.3 Å². The monoisotopic (exact) mass is 387 g/mol. The Morgan fingerprint density at radius 2 is 2.00 bits per heavy atom. The van der Waals surface area contributed by atoms with Crippen LogP contribution >= 0.6 is 15.9 Å². The molecule has 0 aliphatic rings. The molecule has 24 heavy (non-hydrogen) atoms. The van der Waals surface area contributed by atoms with E-state index in [-0.39, 0.29) is 11.6 Å². The molecule has 6 nitrogen and oxygen atoms in total. The average Bonchev–Trinajstić information content (AvgIpc) is 2.88. The first kappa shape index (κ1) is 16.2. The number of hydrogen-bond acceptors (Lipinski definition) is 4. The molecule has 0 spiro atoms. The molecule has 0 fully saturated rings. The Hall–Kier alpha value is -2.67. The lowest BCUT2D eigenvalue weighted by atomic mass is 10.2. The van der Waals surface area contributed by atoms with Crippen LogP contribution < -0.4 is 4.74 Å². The Morgan fingerprint density at radius 3 is 2.75 bits per heavy atom. The van der Waals surface area contributed by atoms with Crippen molar-refractivity contribution in [3.63, 3.8) is 0 Å². The van der Waals surface area contributed by atoms with Crippen LogP contribution in [0.3, 0.4) is 0 Å². The van der Waals surface area contributed by atoms with E-state index in [0.29, 0.717) is 16.7 Å². The van der Waals surface area contributed by atoms with Gasteiger partial charge in [0.15, 0.2) is 11.8 Å². The fraction of sp³-hybridized carbons (Fsp3) is 0.118. The van der Waals surface area contributed by atoms with Crippen LogP contribution in [0.15, 0.2) is 63.2 Å². The lowest BCUT2D eigenvalue weighted by Gasteiger charge is -2.10. The summed E-state index contributed by atoms with van der Waals surface area (Å²) in [6.07, 6.45) is -0.782. The van der Waals surface area contributed by atoms with Crippen LogP contribution in [0.1, 0.15) is 6.92 Å². The number of aromatic hydroxyl groups is 1. The number of para-hydroxylation sites is 1. The summed E-state index contributed by atoms with van der Waals surface area (Å²) in [5.74, 6) is -0.105. The number of aromatic amines is 1. The first-order valence-electron chi connectivity index (χ1n) is 7.22. The SMILES string of the molecule is C[C@H](Oc1ccccc1)C(=O)N=Nc1c(O)[nH]c2ccc(Br)cc12. The van der Waals surface area contributed by atoms with Gasteiger partial charge in [0.1, 0.15) is 5.75 Å². The van der Waals surface area contributed by atoms with Crippen LogP contribution in [0.25, 0.3) is 10.9 Å². The molecule has 0 bridgehead atoms. The predicted octanol–water partition coefficient (Wildman–Crippen LogP) is 4.71. The summed E-state index contributed by atoms with van der Waals surface area (Å²) < 4.78 is 6.33. The fourth-order valence-electron chi connectivity index (χ4n) is 2.17. The Bertz CT molecular complexity index is 906. The van der Waals surface area contributed by atoms with Gasteiger partial charge in [-0.15, -0.1) is 10.2 Å². The number of nitrogens with zero attached hydrogens (tertiary/aromatic N) is 2. The first-order chi connectivity index (χ1) is 11.5. The van der Waals surface area contributed by atoms with Gasteiger partial charge in [0.05, 0.1) is 5.52 Å². The highest BCUT2D eigenvalue weighted by molar-refractivity contribution is 9.10. The third-order valence-electron chi connectivity index (χ3n) is 3.37. The Labute approximate surface area is 146 Å². The summed E-state index contributed by atoms with van der Waals surface area (Å²) in [6, 6.07) is 14.4. The highest BCUT2D eigenvalue weighted by atomic mass is 79.9. The number of ether oxygens (including phenoxy) is 1. The van der Waals surface area contributed by atoms with Gasteiger partial charge in [0, 0.05) is 9.86 Å². The minimum atomic E-state index is -0.782. The second kappa shape index (κ2) is 6.84. The number of nitrogens with one attached hydrogen (secondary N) is 1. The summed E-state index contributed by atoms with van der Waals surface area (Å²) >= 11 is 3.36. The topological polar surface area (TPSA) is 87.0 Å². The molecule has 2 aromatic carbocycles. The van der Waals surface area contributed by atoms with Crippen LogP contribution in [0.5, 0.6) is 11.6 Å². The van der Waals surface area contributed by atoms with Crippen molar-refractivity contribution in [2.75, 3.05) is 0 Å². The van der Waals surface area contributed by atoms with Crippen molar-refractivity contribution in [2.24, 2.45) is 10.2 Å². The number of hydrogen-bond donors (Lipinski definition) is 2. The number of halogens is 1. The predicted molar refractivity (Wildman–Crippen MR) is 93.7 cm³/mol. The number of azo groups is 1. The van der Waals surface area contributed by atoms with Gasteiger partial charge in [0.2, 0.25) is 5.88 Å². The number of benzene rings is 2. The summed E-state index contributed by atoms with van der Waals surface area (Å²) in [6.45, 7) is 1.60. The van der Waals surface area contributed by atoms with E-state index in [1.807, 2.05) is 24.3 Å². The van der Waals surface area contributed by atoms with Crippen LogP contribution in [-0.4, -0.2) is 22.1 Å². The molecule has 0 unspecified atom stereocenters. The molecule has 0 radical (unpaired) electrons. The van der Waals surface area contributed by atoms with Crippen LogP contribution in [0, 0.1) is 0 Å². The minimum absolute atomic E-state index is 0.142. The van der Waals surface area contributed by atoms with Crippen LogP contribution in [0.4, 0.5) is 5.69 Å². The van der Waals surface area contributed by atoms with Crippen molar-refractivity contribution < 1.29 is 14.6 Å². The molecule has 122 valence electrons. The molecular weight excluding hydrogens is 374 g/mol. The number of fused-ring (bicyclic) bond motifs is 1. The molecule has 7 heteroatoms. The normalized spacial score (nSPS) is 12.6. The molecule has 3 aromatic rings. The molecule has 1 heterocycles. The lowest BCUT2D eigenvalue weighted by Crippen LogP contribution is -2.21. The number of carbonyl (C=O) groups is 1. The first-order valence-corrected chi connectivity index (χ1v) is 8.01. The molecular formula is C17H14BrN3O3. The Balaban J connectivity index is 1.79. The van der Waals surface area contributed by atoms with E-state index in [2.05, 4.69) is 31.1 Å². The number of amides is 1. The largest absolute Gasteiger partial charge is 0.493 e. The van der Waals surface area contributed by atoms with Gasteiger partial charge in [-0.1, -0.05) is 34.1 Å². The van der Waals surface area contributed by atoms with Crippen molar-refractivity contribution in [3.8, 4) is 11.6 Å². The second-order valence-corrected chi connectivity index (χ2v) is 6.04. The molecule has 1 atom stereocenters. The third kappa shape index (κ3) is 3.46. The van der Waals surface area contributed by atoms with Crippen LogP contribution in [-0.2, 0) is 4.79 Å². The van der Waals surface area contributed by atoms with Crippen molar-refractivity contribution in [3.05, 3.63) is 53.0 Å². The summed E-state index contributed by atoms with van der Waals surface area (Å²) in [5, 5.41) is 18.2. The maximum absolute atomic E-state index is 12.1. The quantitative estimate of drug-likeness (QED) is 0.635. The van der Waals surface area contributed by atoms with Gasteiger partial charge in [-0.25, -0.2) is 0 Å². The number of H-pyrrole nitrogens is 1. The Morgan fingerprint density at radius 1 is 1.25 bits per heavy atom. The smallest absolute Gasteiger partial charge is 0.304 e. The van der Waals surface area contributed by atoms with Crippen molar-refractivity contribution in [1.82, 2.24) is 4.98 Å². The number of carbonyl (C=O) groups excluding carboxylic acids is 1. The average molecular weight is 388 g/mol.